The molecule has 4 nitrogen and oxygen atoms in total. The maximum absolute atomic E-state index is 12.5. The fourth-order valence-electron chi connectivity index (χ4n) is 1.52. The lowest BCUT2D eigenvalue weighted by Crippen LogP contribution is -2.18. The van der Waals surface area contributed by atoms with E-state index >= 15 is 0 Å². The molecule has 0 atom stereocenters. The van der Waals surface area contributed by atoms with Gasteiger partial charge in [0.1, 0.15) is 6.07 Å². The van der Waals surface area contributed by atoms with Crippen LogP contribution in [0.4, 0.5) is 18.9 Å². The number of benzene rings is 1. The first-order valence-corrected chi connectivity index (χ1v) is 6.91. The summed E-state index contributed by atoms with van der Waals surface area (Å²) in [5.74, 6) is 0. The van der Waals surface area contributed by atoms with Crippen molar-refractivity contribution in [3.63, 3.8) is 0 Å². The smallest absolute Gasteiger partial charge is 0.282 e. The van der Waals surface area contributed by atoms with Crippen molar-refractivity contribution in [2.75, 3.05) is 4.72 Å². The van der Waals surface area contributed by atoms with Crippen LogP contribution in [0.25, 0.3) is 0 Å². The van der Waals surface area contributed by atoms with Crippen molar-refractivity contribution in [1.29, 1.82) is 5.26 Å². The highest BCUT2D eigenvalue weighted by Gasteiger charge is 2.36. The second-order valence-corrected chi connectivity index (χ2v) is 6.18. The van der Waals surface area contributed by atoms with Gasteiger partial charge in [-0.1, -0.05) is 0 Å². The minimum Gasteiger partial charge on any atom is -0.282 e. The Kier molecular flexibility index (Phi) is 3.18. The number of rotatable bonds is 3. The second-order valence-electron chi connectivity index (χ2n) is 4.22. The predicted molar refractivity (Wildman–Crippen MR) is 61.7 cm³/mol. The molecule has 8 heteroatoms. The number of hydrogen-bond acceptors (Lipinski definition) is 3. The Balaban J connectivity index is 2.35. The number of nitriles is 1. The molecule has 1 N–H and O–H groups in total. The highest BCUT2D eigenvalue weighted by molar-refractivity contribution is 7.93. The summed E-state index contributed by atoms with van der Waals surface area (Å²) in [7, 11) is -3.60. The van der Waals surface area contributed by atoms with Crippen molar-refractivity contribution < 1.29 is 21.6 Å². The van der Waals surface area contributed by atoms with Crippen LogP contribution in [0.2, 0.25) is 0 Å². The summed E-state index contributed by atoms with van der Waals surface area (Å²) in [6.07, 6.45) is -3.52. The summed E-state index contributed by atoms with van der Waals surface area (Å²) in [4.78, 5) is 0. The quantitative estimate of drug-likeness (QED) is 0.929. The highest BCUT2D eigenvalue weighted by Crippen LogP contribution is 2.34. The molecule has 2 rings (SSSR count). The van der Waals surface area contributed by atoms with Crippen molar-refractivity contribution in [3.8, 4) is 6.07 Å². The largest absolute Gasteiger partial charge is 0.416 e. The Morgan fingerprint density at radius 3 is 2.42 bits per heavy atom. The van der Waals surface area contributed by atoms with Crippen molar-refractivity contribution in [2.24, 2.45) is 0 Å². The summed E-state index contributed by atoms with van der Waals surface area (Å²) in [6.45, 7) is 0. The monoisotopic (exact) mass is 290 g/mol. The molecule has 1 aliphatic carbocycles. The standard InChI is InChI=1S/C11H9F3N2O2S/c12-11(13,14)8-1-4-10(7(5-8)6-15)16-19(17,18)9-2-3-9/h1,4-5,9,16H,2-3H2. The van der Waals surface area contributed by atoms with Crippen molar-refractivity contribution in [2.45, 2.75) is 24.3 Å². The maximum atomic E-state index is 12.5. The van der Waals surface area contributed by atoms with Crippen LogP contribution in [-0.2, 0) is 16.2 Å². The van der Waals surface area contributed by atoms with Gasteiger partial charge in [0.05, 0.1) is 22.1 Å². The van der Waals surface area contributed by atoms with E-state index in [9.17, 15) is 21.6 Å². The van der Waals surface area contributed by atoms with Crippen LogP contribution in [-0.4, -0.2) is 13.7 Å². The van der Waals surface area contributed by atoms with Gasteiger partial charge < -0.3 is 0 Å². The normalized spacial score (nSPS) is 15.9. The molecule has 19 heavy (non-hydrogen) atoms. The zero-order valence-electron chi connectivity index (χ0n) is 9.53. The van der Waals surface area contributed by atoms with E-state index in [1.54, 1.807) is 6.07 Å². The predicted octanol–water partition coefficient (Wildman–Crippen LogP) is 2.48. The van der Waals surface area contributed by atoms with Crippen molar-refractivity contribution in [1.82, 2.24) is 0 Å². The fraction of sp³-hybridized carbons (Fsp3) is 0.364. The zero-order chi connectivity index (χ0) is 14.3. The molecule has 1 aromatic rings. The SMILES string of the molecule is N#Cc1cc(C(F)(F)F)ccc1NS(=O)(=O)C1CC1. The lowest BCUT2D eigenvalue weighted by atomic mass is 10.1. The maximum Gasteiger partial charge on any atom is 0.416 e. The summed E-state index contributed by atoms with van der Waals surface area (Å²) < 4.78 is 62.9. The van der Waals surface area contributed by atoms with Gasteiger partial charge in [0.25, 0.3) is 0 Å². The molecule has 0 radical (unpaired) electrons. The van der Waals surface area contributed by atoms with Crippen LogP contribution in [0.5, 0.6) is 0 Å². The lowest BCUT2D eigenvalue weighted by Gasteiger charge is -2.11. The van der Waals surface area contributed by atoms with Gasteiger partial charge in [-0.3, -0.25) is 4.72 Å². The van der Waals surface area contributed by atoms with Crippen LogP contribution in [0.3, 0.4) is 0 Å². The van der Waals surface area contributed by atoms with Gasteiger partial charge in [-0.25, -0.2) is 8.42 Å². The number of alkyl halides is 3. The summed E-state index contributed by atoms with van der Waals surface area (Å²) in [6, 6.07) is 3.89. The molecule has 0 saturated heterocycles. The molecular formula is C11H9F3N2O2S. The highest BCUT2D eigenvalue weighted by atomic mass is 32.2. The van der Waals surface area contributed by atoms with E-state index in [0.717, 1.165) is 12.1 Å². The first-order chi connectivity index (χ1) is 8.74. The van der Waals surface area contributed by atoms with Crippen LogP contribution >= 0.6 is 0 Å². The van der Waals surface area contributed by atoms with Gasteiger partial charge >= 0.3 is 6.18 Å². The number of nitrogens with one attached hydrogen (secondary N) is 1. The van der Waals surface area contributed by atoms with E-state index in [4.69, 9.17) is 5.26 Å². The van der Waals surface area contributed by atoms with E-state index in [0.29, 0.717) is 18.9 Å². The molecule has 0 bridgehead atoms. The molecule has 1 saturated carbocycles. The number of anilines is 1. The van der Waals surface area contributed by atoms with Gasteiger partial charge in [-0.2, -0.15) is 18.4 Å². The molecule has 1 fully saturated rings. The second kappa shape index (κ2) is 4.42. The van der Waals surface area contributed by atoms with E-state index < -0.39 is 27.0 Å². The van der Waals surface area contributed by atoms with Gasteiger partial charge in [-0.05, 0) is 31.0 Å². The molecular weight excluding hydrogens is 281 g/mol. The molecule has 0 spiro atoms. The summed E-state index contributed by atoms with van der Waals surface area (Å²) in [5, 5.41) is 8.29. The van der Waals surface area contributed by atoms with E-state index in [1.807, 2.05) is 0 Å². The topological polar surface area (TPSA) is 70.0 Å². The Hall–Kier alpha value is -1.75. The van der Waals surface area contributed by atoms with Gasteiger partial charge in [0.2, 0.25) is 10.0 Å². The molecule has 1 aliphatic rings. The number of hydrogen-bond donors (Lipinski definition) is 1. The van der Waals surface area contributed by atoms with Crippen molar-refractivity contribution >= 4 is 15.7 Å². The third-order valence-electron chi connectivity index (χ3n) is 2.68. The first kappa shape index (κ1) is 13.7. The van der Waals surface area contributed by atoms with Crippen molar-refractivity contribution in [3.05, 3.63) is 29.3 Å². The third kappa shape index (κ3) is 2.98. The van der Waals surface area contributed by atoms with Gasteiger partial charge in [-0.15, -0.1) is 0 Å². The van der Waals surface area contributed by atoms with Crippen LogP contribution in [0.15, 0.2) is 18.2 Å². The molecule has 0 aliphatic heterocycles. The third-order valence-corrected chi connectivity index (χ3v) is 4.54. The fourth-order valence-corrected chi connectivity index (χ4v) is 2.92. The minimum absolute atomic E-state index is 0.123. The molecule has 0 amide bonds. The summed E-state index contributed by atoms with van der Waals surface area (Å²) >= 11 is 0. The molecule has 0 aromatic heterocycles. The number of sulfonamides is 1. The van der Waals surface area contributed by atoms with Crippen LogP contribution < -0.4 is 4.72 Å². The first-order valence-electron chi connectivity index (χ1n) is 5.37. The minimum atomic E-state index is -4.57. The Morgan fingerprint density at radius 1 is 1.32 bits per heavy atom. The Labute approximate surface area is 107 Å². The van der Waals surface area contributed by atoms with E-state index in [-0.39, 0.29) is 11.3 Å². The van der Waals surface area contributed by atoms with Gasteiger partial charge in [0.15, 0.2) is 0 Å². The Morgan fingerprint density at radius 2 is 1.95 bits per heavy atom. The lowest BCUT2D eigenvalue weighted by molar-refractivity contribution is -0.137. The number of halogens is 3. The average molecular weight is 290 g/mol. The van der Waals surface area contributed by atoms with E-state index in [2.05, 4.69) is 4.72 Å². The molecule has 0 unspecified atom stereocenters. The average Bonchev–Trinajstić information content (AvgIpc) is 3.11. The summed E-state index contributed by atoms with van der Waals surface area (Å²) in [5.41, 5.74) is -1.46. The van der Waals surface area contributed by atoms with E-state index in [1.165, 1.54) is 0 Å². The zero-order valence-corrected chi connectivity index (χ0v) is 10.3. The molecule has 1 aromatic carbocycles. The molecule has 102 valence electrons. The van der Waals surface area contributed by atoms with Gasteiger partial charge in [0, 0.05) is 0 Å². The number of nitrogens with zero attached hydrogens (tertiary/aromatic N) is 1. The van der Waals surface area contributed by atoms with Crippen LogP contribution in [0, 0.1) is 11.3 Å². The van der Waals surface area contributed by atoms with Crippen LogP contribution in [0.1, 0.15) is 24.0 Å². The molecule has 0 heterocycles. The Bertz CT molecular complexity index is 643.